The van der Waals surface area contributed by atoms with Gasteiger partial charge in [-0.15, -0.1) is 0 Å². The minimum Gasteiger partial charge on any atom is -0.468 e. The van der Waals surface area contributed by atoms with Gasteiger partial charge in [0.2, 0.25) is 0 Å². The minimum atomic E-state index is -0.176. The fourth-order valence-corrected chi connectivity index (χ4v) is 2.21. The Labute approximate surface area is 110 Å². The highest BCUT2D eigenvalue weighted by Gasteiger charge is 2.05. The second-order valence-electron chi connectivity index (χ2n) is 4.44. The molecule has 0 aliphatic heterocycles. The quantitative estimate of drug-likeness (QED) is 0.765. The molecule has 0 amide bonds. The van der Waals surface area contributed by atoms with Gasteiger partial charge < -0.3 is 9.73 Å². The first kappa shape index (κ1) is 11.9. The smallest absolute Gasteiger partial charge is 0.131 e. The predicted molar refractivity (Wildman–Crippen MR) is 73.2 cm³/mol. The number of halogens is 1. The van der Waals surface area contributed by atoms with Crippen molar-refractivity contribution in [1.29, 1.82) is 0 Å². The maximum atomic E-state index is 13.7. The molecule has 0 fully saturated rings. The second-order valence-corrected chi connectivity index (χ2v) is 4.44. The standard InChI is InChI=1S/C16H14FNO/c17-16-8-7-12(14-5-1-2-6-15(14)16)10-18-11-13-4-3-9-19-13/h1-9,18H,10-11H2. The molecule has 0 radical (unpaired) electrons. The first-order valence-electron chi connectivity index (χ1n) is 6.24. The van der Waals surface area contributed by atoms with Crippen LogP contribution in [0.3, 0.4) is 0 Å². The van der Waals surface area contributed by atoms with Gasteiger partial charge in [-0.05, 0) is 29.1 Å². The summed E-state index contributed by atoms with van der Waals surface area (Å²) in [5, 5.41) is 4.92. The molecule has 0 aliphatic rings. The molecule has 0 atom stereocenters. The molecule has 3 aromatic rings. The lowest BCUT2D eigenvalue weighted by molar-refractivity contribution is 0.483. The van der Waals surface area contributed by atoms with Crippen LogP contribution in [0.1, 0.15) is 11.3 Å². The molecule has 3 heteroatoms. The van der Waals surface area contributed by atoms with Crippen LogP contribution in [0.25, 0.3) is 10.8 Å². The van der Waals surface area contributed by atoms with Gasteiger partial charge in [0, 0.05) is 11.9 Å². The van der Waals surface area contributed by atoms with Gasteiger partial charge in [-0.2, -0.15) is 0 Å². The summed E-state index contributed by atoms with van der Waals surface area (Å²) in [6, 6.07) is 14.7. The molecule has 96 valence electrons. The van der Waals surface area contributed by atoms with E-state index in [1.165, 1.54) is 6.07 Å². The molecule has 0 bridgehead atoms. The average molecular weight is 255 g/mol. The normalized spacial score (nSPS) is 11.0. The summed E-state index contributed by atoms with van der Waals surface area (Å²) in [4.78, 5) is 0. The number of hydrogen-bond acceptors (Lipinski definition) is 2. The monoisotopic (exact) mass is 255 g/mol. The van der Waals surface area contributed by atoms with Crippen LogP contribution in [-0.2, 0) is 13.1 Å². The molecular weight excluding hydrogens is 241 g/mol. The summed E-state index contributed by atoms with van der Waals surface area (Å²) in [6.07, 6.45) is 1.66. The molecule has 0 unspecified atom stereocenters. The van der Waals surface area contributed by atoms with Crippen molar-refractivity contribution in [3.63, 3.8) is 0 Å². The number of rotatable bonds is 4. The highest BCUT2D eigenvalue weighted by molar-refractivity contribution is 5.86. The van der Waals surface area contributed by atoms with Gasteiger partial charge in [-0.1, -0.05) is 30.3 Å². The Kier molecular flexibility index (Phi) is 3.29. The summed E-state index contributed by atoms with van der Waals surface area (Å²) in [6.45, 7) is 1.35. The van der Waals surface area contributed by atoms with Crippen molar-refractivity contribution in [3.8, 4) is 0 Å². The molecule has 1 N–H and O–H groups in total. The van der Waals surface area contributed by atoms with E-state index in [9.17, 15) is 4.39 Å². The van der Waals surface area contributed by atoms with E-state index in [-0.39, 0.29) is 5.82 Å². The molecule has 2 nitrogen and oxygen atoms in total. The lowest BCUT2D eigenvalue weighted by Crippen LogP contribution is -2.12. The first-order valence-corrected chi connectivity index (χ1v) is 6.24. The minimum absolute atomic E-state index is 0.176. The summed E-state index contributed by atoms with van der Waals surface area (Å²) < 4.78 is 18.9. The first-order chi connectivity index (χ1) is 9.34. The maximum absolute atomic E-state index is 13.7. The Bertz CT molecular complexity index is 676. The van der Waals surface area contributed by atoms with Crippen LogP contribution in [0.5, 0.6) is 0 Å². The third-order valence-corrected chi connectivity index (χ3v) is 3.16. The van der Waals surface area contributed by atoms with Crippen LogP contribution in [0.15, 0.2) is 59.2 Å². The van der Waals surface area contributed by atoms with E-state index >= 15 is 0 Å². The van der Waals surface area contributed by atoms with Crippen LogP contribution in [0, 0.1) is 5.82 Å². The van der Waals surface area contributed by atoms with E-state index in [0.29, 0.717) is 18.5 Å². The molecular formula is C16H14FNO. The lowest BCUT2D eigenvalue weighted by Gasteiger charge is -2.08. The van der Waals surface area contributed by atoms with Crippen LogP contribution < -0.4 is 5.32 Å². The third kappa shape index (κ3) is 2.51. The van der Waals surface area contributed by atoms with Gasteiger partial charge in [0.1, 0.15) is 11.6 Å². The Morgan fingerprint density at radius 3 is 2.53 bits per heavy atom. The number of benzene rings is 2. The Hall–Kier alpha value is -2.13. The van der Waals surface area contributed by atoms with E-state index < -0.39 is 0 Å². The summed E-state index contributed by atoms with van der Waals surface area (Å²) >= 11 is 0. The zero-order valence-electron chi connectivity index (χ0n) is 10.4. The average Bonchev–Trinajstić information content (AvgIpc) is 2.95. The molecule has 1 heterocycles. The fourth-order valence-electron chi connectivity index (χ4n) is 2.21. The summed E-state index contributed by atoms with van der Waals surface area (Å²) in [7, 11) is 0. The van der Waals surface area contributed by atoms with Crippen molar-refractivity contribution >= 4 is 10.8 Å². The summed E-state index contributed by atoms with van der Waals surface area (Å²) in [5.41, 5.74) is 1.09. The van der Waals surface area contributed by atoms with Crippen LogP contribution in [0.4, 0.5) is 4.39 Å². The highest BCUT2D eigenvalue weighted by atomic mass is 19.1. The molecule has 19 heavy (non-hydrogen) atoms. The molecule has 0 saturated heterocycles. The molecule has 2 aromatic carbocycles. The van der Waals surface area contributed by atoms with Crippen molar-refractivity contribution < 1.29 is 8.81 Å². The van der Waals surface area contributed by atoms with Gasteiger partial charge in [-0.3, -0.25) is 0 Å². The Morgan fingerprint density at radius 1 is 0.895 bits per heavy atom. The summed E-state index contributed by atoms with van der Waals surface area (Å²) in [5.74, 6) is 0.719. The van der Waals surface area contributed by atoms with Crippen LogP contribution in [-0.4, -0.2) is 0 Å². The van der Waals surface area contributed by atoms with Crippen molar-refractivity contribution in [2.75, 3.05) is 0 Å². The van der Waals surface area contributed by atoms with Crippen LogP contribution >= 0.6 is 0 Å². The molecule has 0 saturated carbocycles. The fraction of sp³-hybridized carbons (Fsp3) is 0.125. The van der Waals surface area contributed by atoms with Crippen molar-refractivity contribution in [2.45, 2.75) is 13.1 Å². The van der Waals surface area contributed by atoms with Gasteiger partial charge in [0.25, 0.3) is 0 Å². The lowest BCUT2D eigenvalue weighted by atomic mass is 10.0. The second kappa shape index (κ2) is 5.24. The van der Waals surface area contributed by atoms with Gasteiger partial charge in [0.05, 0.1) is 12.8 Å². The number of hydrogen-bond donors (Lipinski definition) is 1. The van der Waals surface area contributed by atoms with Crippen molar-refractivity contribution in [2.24, 2.45) is 0 Å². The zero-order chi connectivity index (χ0) is 13.1. The topological polar surface area (TPSA) is 25.2 Å². The number of fused-ring (bicyclic) bond motifs is 1. The van der Waals surface area contributed by atoms with Crippen molar-refractivity contribution in [3.05, 3.63) is 71.9 Å². The molecule has 3 rings (SSSR count). The van der Waals surface area contributed by atoms with Gasteiger partial charge >= 0.3 is 0 Å². The van der Waals surface area contributed by atoms with E-state index in [4.69, 9.17) is 4.42 Å². The Balaban J connectivity index is 1.79. The number of nitrogens with one attached hydrogen (secondary N) is 1. The van der Waals surface area contributed by atoms with Crippen molar-refractivity contribution in [1.82, 2.24) is 5.32 Å². The molecule has 0 spiro atoms. The van der Waals surface area contributed by atoms with E-state index in [1.807, 2.05) is 36.4 Å². The SMILES string of the molecule is Fc1ccc(CNCc2ccco2)c2ccccc12. The van der Waals surface area contributed by atoms with E-state index in [2.05, 4.69) is 5.32 Å². The maximum Gasteiger partial charge on any atom is 0.131 e. The number of furan rings is 1. The largest absolute Gasteiger partial charge is 0.468 e. The van der Waals surface area contributed by atoms with E-state index in [0.717, 1.165) is 16.7 Å². The highest BCUT2D eigenvalue weighted by Crippen LogP contribution is 2.21. The van der Waals surface area contributed by atoms with E-state index in [1.54, 1.807) is 12.3 Å². The van der Waals surface area contributed by atoms with Gasteiger partial charge in [0.15, 0.2) is 0 Å². The van der Waals surface area contributed by atoms with Crippen LogP contribution in [0.2, 0.25) is 0 Å². The molecule has 1 aromatic heterocycles. The zero-order valence-corrected chi connectivity index (χ0v) is 10.4. The Morgan fingerprint density at radius 2 is 1.74 bits per heavy atom. The molecule has 0 aliphatic carbocycles. The predicted octanol–water partition coefficient (Wildman–Crippen LogP) is 3.86. The van der Waals surface area contributed by atoms with Gasteiger partial charge in [-0.25, -0.2) is 4.39 Å². The third-order valence-electron chi connectivity index (χ3n) is 3.16.